The minimum atomic E-state index is -1.07. The molecule has 0 aliphatic rings. The maximum atomic E-state index is 11.4. The standard InChI is InChI=1S/C22H38O4.Mg.2H/c1-3-4-5-6-7-8-9-10-11-12-13-14-15-16-17-18-21(23)26-19-20(2)22(24)25;;;/h10-11,19H,3-9,12-18H2,1-2H3,(H,24,25);;;/b11-10-,20-19?;;;. The van der Waals surface area contributed by atoms with Crippen molar-refractivity contribution in [2.24, 2.45) is 0 Å². The first kappa shape index (κ1) is 28.4. The van der Waals surface area contributed by atoms with Gasteiger partial charge in [-0.05, 0) is 39.0 Å². The zero-order chi connectivity index (χ0) is 19.5. The van der Waals surface area contributed by atoms with Crippen molar-refractivity contribution in [2.75, 3.05) is 0 Å². The fraction of sp³-hybridized carbons (Fsp3) is 0.727. The van der Waals surface area contributed by atoms with E-state index in [2.05, 4.69) is 19.1 Å². The zero-order valence-electron chi connectivity index (χ0n) is 16.8. The van der Waals surface area contributed by atoms with Gasteiger partial charge in [0.25, 0.3) is 0 Å². The molecule has 0 aliphatic heterocycles. The van der Waals surface area contributed by atoms with Crippen LogP contribution in [-0.4, -0.2) is 40.1 Å². The van der Waals surface area contributed by atoms with Crippen molar-refractivity contribution in [3.8, 4) is 0 Å². The molecule has 0 rings (SSSR count). The Hall–Kier alpha value is -0.814. The molecule has 0 spiro atoms. The Morgan fingerprint density at radius 1 is 0.815 bits per heavy atom. The fourth-order valence-corrected chi connectivity index (χ4v) is 2.60. The van der Waals surface area contributed by atoms with Gasteiger partial charge in [0.2, 0.25) is 0 Å². The molecule has 1 N–H and O–H groups in total. The van der Waals surface area contributed by atoms with Crippen molar-refractivity contribution in [3.05, 3.63) is 24.0 Å². The van der Waals surface area contributed by atoms with Crippen LogP contribution in [0.2, 0.25) is 0 Å². The number of rotatable bonds is 17. The van der Waals surface area contributed by atoms with Crippen molar-refractivity contribution in [1.29, 1.82) is 0 Å². The van der Waals surface area contributed by atoms with E-state index >= 15 is 0 Å². The van der Waals surface area contributed by atoms with E-state index in [1.165, 1.54) is 64.7 Å². The second-order valence-electron chi connectivity index (χ2n) is 6.93. The van der Waals surface area contributed by atoms with E-state index in [9.17, 15) is 9.59 Å². The molecule has 0 amide bonds. The first-order chi connectivity index (χ1) is 12.6. The van der Waals surface area contributed by atoms with E-state index in [4.69, 9.17) is 9.84 Å². The number of carboxylic acid groups (broad SMARTS) is 1. The summed E-state index contributed by atoms with van der Waals surface area (Å²) < 4.78 is 4.79. The largest absolute Gasteiger partial charge is 0.478 e. The van der Waals surface area contributed by atoms with Crippen LogP contribution in [0.15, 0.2) is 24.0 Å². The van der Waals surface area contributed by atoms with Gasteiger partial charge in [0.05, 0.1) is 5.57 Å². The second kappa shape index (κ2) is 21.5. The normalized spacial score (nSPS) is 11.4. The quantitative estimate of drug-likeness (QED) is 0.0868. The van der Waals surface area contributed by atoms with Crippen LogP contribution >= 0.6 is 0 Å². The molecule has 27 heavy (non-hydrogen) atoms. The number of hydrogen-bond donors (Lipinski definition) is 1. The van der Waals surface area contributed by atoms with Crippen LogP contribution < -0.4 is 0 Å². The highest BCUT2D eigenvalue weighted by Gasteiger charge is 2.04. The molecule has 0 aliphatic carbocycles. The zero-order valence-corrected chi connectivity index (χ0v) is 16.8. The first-order valence-electron chi connectivity index (χ1n) is 10.3. The molecule has 5 heteroatoms. The van der Waals surface area contributed by atoms with Crippen LogP contribution in [0.1, 0.15) is 104 Å². The van der Waals surface area contributed by atoms with E-state index in [1.807, 2.05) is 0 Å². The molecule has 0 saturated heterocycles. The number of unbranched alkanes of at least 4 members (excludes halogenated alkanes) is 11. The van der Waals surface area contributed by atoms with Gasteiger partial charge in [0, 0.05) is 6.42 Å². The van der Waals surface area contributed by atoms with Crippen LogP contribution in [0.3, 0.4) is 0 Å². The molecule has 0 atom stereocenters. The molecule has 0 fully saturated rings. The Balaban J connectivity index is 0. The Kier molecular flexibility index (Phi) is 22.6. The van der Waals surface area contributed by atoms with Crippen LogP contribution in [0.5, 0.6) is 0 Å². The lowest BCUT2D eigenvalue weighted by molar-refractivity contribution is -0.138. The van der Waals surface area contributed by atoms with E-state index in [0.717, 1.165) is 31.9 Å². The number of allylic oxidation sites excluding steroid dienone is 2. The molecule has 0 aromatic heterocycles. The van der Waals surface area contributed by atoms with Crippen LogP contribution in [0.4, 0.5) is 0 Å². The van der Waals surface area contributed by atoms with Gasteiger partial charge in [-0.1, -0.05) is 70.4 Å². The smallest absolute Gasteiger partial charge is 0.334 e. The molecule has 154 valence electrons. The van der Waals surface area contributed by atoms with Gasteiger partial charge >= 0.3 is 35.0 Å². The number of aliphatic carboxylic acids is 1. The summed E-state index contributed by atoms with van der Waals surface area (Å²) >= 11 is 0. The molecular weight excluding hydrogens is 353 g/mol. The van der Waals surface area contributed by atoms with E-state index in [0.29, 0.717) is 6.42 Å². The highest BCUT2D eigenvalue weighted by molar-refractivity contribution is 5.85. The monoisotopic (exact) mass is 392 g/mol. The third-order valence-corrected chi connectivity index (χ3v) is 4.35. The van der Waals surface area contributed by atoms with Crippen LogP contribution in [0.25, 0.3) is 0 Å². The Morgan fingerprint density at radius 3 is 1.81 bits per heavy atom. The lowest BCUT2D eigenvalue weighted by Gasteiger charge is -2.01. The third kappa shape index (κ3) is 21.3. The molecule has 0 saturated carbocycles. The predicted molar refractivity (Wildman–Crippen MR) is 115 cm³/mol. The number of carboxylic acids is 1. The SMILES string of the molecule is CCCCCCCC/C=C\CCCCCCCC(=O)OC=C(C)C(=O)O.[MgH2]. The summed E-state index contributed by atoms with van der Waals surface area (Å²) in [5, 5.41) is 8.65. The number of carbonyl (C=O) groups is 2. The van der Waals surface area contributed by atoms with Crippen molar-refractivity contribution >= 4 is 35.0 Å². The van der Waals surface area contributed by atoms with E-state index in [-0.39, 0.29) is 34.6 Å². The number of esters is 1. The van der Waals surface area contributed by atoms with Crippen molar-refractivity contribution in [2.45, 2.75) is 104 Å². The third-order valence-electron chi connectivity index (χ3n) is 4.35. The predicted octanol–water partition coefficient (Wildman–Crippen LogP) is 5.64. The fourth-order valence-electron chi connectivity index (χ4n) is 2.60. The molecule has 0 bridgehead atoms. The van der Waals surface area contributed by atoms with Gasteiger partial charge < -0.3 is 9.84 Å². The van der Waals surface area contributed by atoms with Crippen molar-refractivity contribution < 1.29 is 19.4 Å². The highest BCUT2D eigenvalue weighted by Crippen LogP contribution is 2.10. The summed E-state index contributed by atoms with van der Waals surface area (Å²) in [5.41, 5.74) is 0.0305. The summed E-state index contributed by atoms with van der Waals surface area (Å²) in [4.78, 5) is 22.0. The first-order valence-corrected chi connectivity index (χ1v) is 10.3. The number of ether oxygens (including phenoxy) is 1. The van der Waals surface area contributed by atoms with E-state index in [1.54, 1.807) is 0 Å². The van der Waals surface area contributed by atoms with Gasteiger partial charge in [-0.3, -0.25) is 4.79 Å². The Morgan fingerprint density at radius 2 is 1.30 bits per heavy atom. The highest BCUT2D eigenvalue weighted by atomic mass is 24.3. The molecule has 0 radical (unpaired) electrons. The maximum Gasteiger partial charge on any atom is 0.334 e. The summed E-state index contributed by atoms with van der Waals surface area (Å²) in [7, 11) is 0. The molecule has 0 aromatic rings. The summed E-state index contributed by atoms with van der Waals surface area (Å²) in [6.45, 7) is 3.65. The van der Waals surface area contributed by atoms with Gasteiger partial charge in [0.1, 0.15) is 6.26 Å². The van der Waals surface area contributed by atoms with Gasteiger partial charge in [-0.15, -0.1) is 0 Å². The van der Waals surface area contributed by atoms with Gasteiger partial charge in [-0.25, -0.2) is 4.79 Å². The average Bonchev–Trinajstić information content (AvgIpc) is 2.62. The average molecular weight is 393 g/mol. The van der Waals surface area contributed by atoms with Crippen molar-refractivity contribution in [1.82, 2.24) is 0 Å². The molecule has 0 aromatic carbocycles. The Bertz CT molecular complexity index is 430. The summed E-state index contributed by atoms with van der Waals surface area (Å²) in [5.74, 6) is -1.43. The van der Waals surface area contributed by atoms with Crippen LogP contribution in [0, 0.1) is 0 Å². The molecule has 0 heterocycles. The second-order valence-corrected chi connectivity index (χ2v) is 6.93. The summed E-state index contributed by atoms with van der Waals surface area (Å²) in [6, 6.07) is 0. The summed E-state index contributed by atoms with van der Waals surface area (Å²) in [6.07, 6.45) is 21.8. The number of hydrogen-bond acceptors (Lipinski definition) is 3. The molecule has 4 nitrogen and oxygen atoms in total. The van der Waals surface area contributed by atoms with Crippen LogP contribution in [-0.2, 0) is 14.3 Å². The Labute approximate surface area is 182 Å². The van der Waals surface area contributed by atoms with Gasteiger partial charge in [-0.2, -0.15) is 0 Å². The lowest BCUT2D eigenvalue weighted by Crippen LogP contribution is -2.02. The van der Waals surface area contributed by atoms with Crippen molar-refractivity contribution in [3.63, 3.8) is 0 Å². The van der Waals surface area contributed by atoms with Gasteiger partial charge in [0.15, 0.2) is 0 Å². The van der Waals surface area contributed by atoms with E-state index < -0.39 is 5.97 Å². The lowest BCUT2D eigenvalue weighted by atomic mass is 10.1. The topological polar surface area (TPSA) is 63.6 Å². The molecular formula is C22H40MgO4. The minimum absolute atomic E-state index is 0. The molecule has 0 unspecified atom stereocenters. The minimum Gasteiger partial charge on any atom is -0.478 e. The number of carbonyl (C=O) groups excluding carboxylic acids is 1. The maximum absolute atomic E-state index is 11.4.